The van der Waals surface area contributed by atoms with Crippen LogP contribution in [0.2, 0.25) is 0 Å². The lowest BCUT2D eigenvalue weighted by Gasteiger charge is -2.33. The molecule has 0 aromatic carbocycles. The van der Waals surface area contributed by atoms with Crippen LogP contribution >= 0.6 is 0 Å². The highest BCUT2D eigenvalue weighted by molar-refractivity contribution is 5.29. The molecule has 0 saturated heterocycles. The molecule has 1 fully saturated rings. The molecule has 0 spiro atoms. The van der Waals surface area contributed by atoms with E-state index in [1.54, 1.807) is 0 Å². The Morgan fingerprint density at radius 2 is 2.06 bits per heavy atom. The van der Waals surface area contributed by atoms with Gasteiger partial charge in [-0.25, -0.2) is 4.98 Å². The summed E-state index contributed by atoms with van der Waals surface area (Å²) >= 11 is 0. The molecule has 3 heteroatoms. The zero-order chi connectivity index (χ0) is 12.1. The normalized spacial score (nSPS) is 17.5. The first-order valence-electron chi connectivity index (χ1n) is 6.74. The number of aromatic nitrogens is 1. The molecule has 1 aromatic rings. The molecule has 1 saturated carbocycles. The maximum atomic E-state index is 5.61. The third-order valence-electron chi connectivity index (χ3n) is 3.73. The van der Waals surface area contributed by atoms with Crippen molar-refractivity contribution >= 4 is 5.82 Å². The Kier molecular flexibility index (Phi) is 4.37. The van der Waals surface area contributed by atoms with Crippen LogP contribution in [0.4, 0.5) is 5.82 Å². The van der Waals surface area contributed by atoms with Crippen LogP contribution in [0.5, 0.6) is 0 Å². The van der Waals surface area contributed by atoms with E-state index in [4.69, 9.17) is 5.73 Å². The first kappa shape index (κ1) is 12.4. The second-order valence-corrected chi connectivity index (χ2v) is 4.95. The van der Waals surface area contributed by atoms with Gasteiger partial charge in [-0.2, -0.15) is 0 Å². The van der Waals surface area contributed by atoms with Crippen LogP contribution in [0, 0.1) is 0 Å². The SMILES string of the molecule is CCN(Cc1ccc(N)nc1)C1CCCCC1. The van der Waals surface area contributed by atoms with E-state index in [2.05, 4.69) is 22.9 Å². The first-order valence-corrected chi connectivity index (χ1v) is 6.74. The molecule has 2 N–H and O–H groups in total. The zero-order valence-corrected chi connectivity index (χ0v) is 10.7. The number of hydrogen-bond acceptors (Lipinski definition) is 3. The van der Waals surface area contributed by atoms with E-state index in [0.29, 0.717) is 5.82 Å². The Bertz CT molecular complexity index is 328. The summed E-state index contributed by atoms with van der Waals surface area (Å²) in [4.78, 5) is 6.74. The van der Waals surface area contributed by atoms with Crippen LogP contribution in [0.15, 0.2) is 18.3 Å². The number of anilines is 1. The third-order valence-corrected chi connectivity index (χ3v) is 3.73. The van der Waals surface area contributed by atoms with Gasteiger partial charge in [0, 0.05) is 18.8 Å². The van der Waals surface area contributed by atoms with Crippen molar-refractivity contribution in [1.82, 2.24) is 9.88 Å². The van der Waals surface area contributed by atoms with Crippen molar-refractivity contribution in [1.29, 1.82) is 0 Å². The smallest absolute Gasteiger partial charge is 0.123 e. The van der Waals surface area contributed by atoms with E-state index in [0.717, 1.165) is 19.1 Å². The summed E-state index contributed by atoms with van der Waals surface area (Å²) in [6.45, 7) is 4.38. The summed E-state index contributed by atoms with van der Waals surface area (Å²) in [6.07, 6.45) is 8.81. The van der Waals surface area contributed by atoms with Crippen molar-refractivity contribution in [3.63, 3.8) is 0 Å². The van der Waals surface area contributed by atoms with E-state index in [1.807, 2.05) is 12.3 Å². The van der Waals surface area contributed by atoms with Crippen molar-refractivity contribution < 1.29 is 0 Å². The number of pyridine rings is 1. The van der Waals surface area contributed by atoms with Crippen LogP contribution < -0.4 is 5.73 Å². The number of nitrogens with zero attached hydrogens (tertiary/aromatic N) is 2. The molecule has 0 bridgehead atoms. The molecule has 0 aliphatic heterocycles. The van der Waals surface area contributed by atoms with E-state index >= 15 is 0 Å². The molecule has 1 aromatic heterocycles. The van der Waals surface area contributed by atoms with E-state index in [1.165, 1.54) is 37.7 Å². The molecular formula is C14H23N3. The van der Waals surface area contributed by atoms with E-state index in [9.17, 15) is 0 Å². The highest BCUT2D eigenvalue weighted by Gasteiger charge is 2.19. The summed E-state index contributed by atoms with van der Waals surface area (Å²) in [5.41, 5.74) is 6.88. The van der Waals surface area contributed by atoms with Gasteiger partial charge in [0.2, 0.25) is 0 Å². The standard InChI is InChI=1S/C14H23N3/c1-2-17(13-6-4-3-5-7-13)11-12-8-9-14(15)16-10-12/h8-10,13H,2-7,11H2,1H3,(H2,15,16). The molecule has 0 unspecified atom stereocenters. The monoisotopic (exact) mass is 233 g/mol. The van der Waals surface area contributed by atoms with Gasteiger partial charge in [0.05, 0.1) is 0 Å². The number of rotatable bonds is 4. The molecule has 94 valence electrons. The van der Waals surface area contributed by atoms with E-state index in [-0.39, 0.29) is 0 Å². The zero-order valence-electron chi connectivity index (χ0n) is 10.7. The summed E-state index contributed by atoms with van der Waals surface area (Å²) in [7, 11) is 0. The second kappa shape index (κ2) is 6.01. The molecule has 17 heavy (non-hydrogen) atoms. The van der Waals surface area contributed by atoms with Gasteiger partial charge in [0.25, 0.3) is 0 Å². The molecule has 0 radical (unpaired) electrons. The third kappa shape index (κ3) is 3.43. The molecule has 1 heterocycles. The van der Waals surface area contributed by atoms with E-state index < -0.39 is 0 Å². The molecule has 3 nitrogen and oxygen atoms in total. The molecular weight excluding hydrogens is 210 g/mol. The lowest BCUT2D eigenvalue weighted by atomic mass is 9.94. The Labute approximate surface area is 104 Å². The fourth-order valence-corrected chi connectivity index (χ4v) is 2.71. The summed E-state index contributed by atoms with van der Waals surface area (Å²) in [5, 5.41) is 0. The van der Waals surface area contributed by atoms with Crippen molar-refractivity contribution in [2.24, 2.45) is 0 Å². The topological polar surface area (TPSA) is 42.1 Å². The predicted octanol–water partition coefficient (Wildman–Crippen LogP) is 2.82. The summed E-state index contributed by atoms with van der Waals surface area (Å²) in [6, 6.07) is 4.75. The van der Waals surface area contributed by atoms with Crippen LogP contribution in [-0.4, -0.2) is 22.5 Å². The maximum Gasteiger partial charge on any atom is 0.123 e. The Morgan fingerprint density at radius 3 is 2.65 bits per heavy atom. The minimum atomic E-state index is 0.606. The van der Waals surface area contributed by atoms with Crippen LogP contribution in [0.25, 0.3) is 0 Å². The first-order chi connectivity index (χ1) is 8.29. The second-order valence-electron chi connectivity index (χ2n) is 4.95. The van der Waals surface area contributed by atoms with Crippen molar-refractivity contribution in [2.45, 2.75) is 51.6 Å². The molecule has 0 amide bonds. The summed E-state index contributed by atoms with van der Waals surface area (Å²) < 4.78 is 0. The van der Waals surface area contributed by atoms with Gasteiger partial charge < -0.3 is 5.73 Å². The highest BCUT2D eigenvalue weighted by atomic mass is 15.1. The molecule has 1 aliphatic rings. The van der Waals surface area contributed by atoms with Gasteiger partial charge in [-0.1, -0.05) is 32.3 Å². The molecule has 2 rings (SSSR count). The average molecular weight is 233 g/mol. The fourth-order valence-electron chi connectivity index (χ4n) is 2.71. The van der Waals surface area contributed by atoms with Gasteiger partial charge in [0.15, 0.2) is 0 Å². The van der Waals surface area contributed by atoms with Crippen LogP contribution in [0.1, 0.15) is 44.6 Å². The fraction of sp³-hybridized carbons (Fsp3) is 0.643. The Balaban J connectivity index is 1.96. The number of nitrogen functional groups attached to an aromatic ring is 1. The van der Waals surface area contributed by atoms with Crippen LogP contribution in [-0.2, 0) is 6.54 Å². The van der Waals surface area contributed by atoms with Gasteiger partial charge in [0.1, 0.15) is 5.82 Å². The predicted molar refractivity (Wildman–Crippen MR) is 71.6 cm³/mol. The van der Waals surface area contributed by atoms with Gasteiger partial charge in [-0.05, 0) is 31.0 Å². The molecule has 0 atom stereocenters. The number of nitrogens with two attached hydrogens (primary N) is 1. The minimum Gasteiger partial charge on any atom is -0.384 e. The molecule has 1 aliphatic carbocycles. The maximum absolute atomic E-state index is 5.61. The number of hydrogen-bond donors (Lipinski definition) is 1. The van der Waals surface area contributed by atoms with Gasteiger partial charge >= 0.3 is 0 Å². The Morgan fingerprint density at radius 1 is 1.29 bits per heavy atom. The van der Waals surface area contributed by atoms with Crippen LogP contribution in [0.3, 0.4) is 0 Å². The lowest BCUT2D eigenvalue weighted by Crippen LogP contribution is -2.36. The summed E-state index contributed by atoms with van der Waals surface area (Å²) in [5.74, 6) is 0.606. The lowest BCUT2D eigenvalue weighted by molar-refractivity contribution is 0.156. The largest absolute Gasteiger partial charge is 0.384 e. The highest BCUT2D eigenvalue weighted by Crippen LogP contribution is 2.23. The Hall–Kier alpha value is -1.09. The van der Waals surface area contributed by atoms with Crippen molar-refractivity contribution in [2.75, 3.05) is 12.3 Å². The minimum absolute atomic E-state index is 0.606. The van der Waals surface area contributed by atoms with Crippen molar-refractivity contribution in [3.8, 4) is 0 Å². The van der Waals surface area contributed by atoms with Crippen molar-refractivity contribution in [3.05, 3.63) is 23.9 Å². The van der Waals surface area contributed by atoms with Gasteiger partial charge in [-0.3, -0.25) is 4.90 Å². The quantitative estimate of drug-likeness (QED) is 0.869. The van der Waals surface area contributed by atoms with Gasteiger partial charge in [-0.15, -0.1) is 0 Å². The average Bonchev–Trinajstić information content (AvgIpc) is 2.39.